The topological polar surface area (TPSA) is 74.3 Å². The van der Waals surface area contributed by atoms with E-state index in [9.17, 15) is 9.59 Å². The van der Waals surface area contributed by atoms with Gasteiger partial charge in [-0.1, -0.05) is 0 Å². The maximum atomic E-state index is 12.6. The second-order valence-electron chi connectivity index (χ2n) is 4.92. The van der Waals surface area contributed by atoms with Gasteiger partial charge in [0.15, 0.2) is 0 Å². The smallest absolute Gasteiger partial charge is 0.256 e. The van der Waals surface area contributed by atoms with Crippen LogP contribution >= 0.6 is 0 Å². The van der Waals surface area contributed by atoms with Gasteiger partial charge in [0.05, 0.1) is 11.3 Å². The molecule has 2 amide bonds. The highest BCUT2D eigenvalue weighted by Gasteiger charge is 2.32. The van der Waals surface area contributed by atoms with Gasteiger partial charge in [-0.15, -0.1) is 0 Å². The molecule has 0 aliphatic carbocycles. The Bertz CT molecular complexity index is 530. The number of hydrogen-bond acceptors (Lipinski definition) is 4. The second-order valence-corrected chi connectivity index (χ2v) is 4.92. The summed E-state index contributed by atoms with van der Waals surface area (Å²) >= 11 is 0. The van der Waals surface area contributed by atoms with E-state index in [0.29, 0.717) is 30.9 Å². The summed E-state index contributed by atoms with van der Waals surface area (Å²) in [4.78, 5) is 30.5. The van der Waals surface area contributed by atoms with E-state index in [1.54, 1.807) is 18.0 Å². The molecule has 1 atom stereocenters. The molecule has 1 unspecified atom stereocenters. The van der Waals surface area contributed by atoms with Crippen LogP contribution in [0.15, 0.2) is 12.1 Å². The molecule has 2 N–H and O–H groups in total. The SMILES string of the molecule is CNC(=O)C1CNCCN1C(=O)c1ccc(C)nc1C. The van der Waals surface area contributed by atoms with Gasteiger partial charge in [-0.3, -0.25) is 14.6 Å². The fourth-order valence-electron chi connectivity index (χ4n) is 2.42. The first-order chi connectivity index (χ1) is 9.54. The van der Waals surface area contributed by atoms with Crippen LogP contribution in [-0.2, 0) is 4.79 Å². The van der Waals surface area contributed by atoms with Crippen LogP contribution in [0.4, 0.5) is 0 Å². The zero-order chi connectivity index (χ0) is 14.7. The van der Waals surface area contributed by atoms with Gasteiger partial charge in [-0.2, -0.15) is 0 Å². The first kappa shape index (κ1) is 14.5. The second kappa shape index (κ2) is 6.00. The Labute approximate surface area is 118 Å². The first-order valence-electron chi connectivity index (χ1n) is 6.72. The number of likely N-dealkylation sites (N-methyl/N-ethyl adjacent to an activating group) is 1. The van der Waals surface area contributed by atoms with Gasteiger partial charge in [0.1, 0.15) is 6.04 Å². The quantitative estimate of drug-likeness (QED) is 0.788. The molecular formula is C14H20N4O2. The number of amides is 2. The van der Waals surface area contributed by atoms with Crippen molar-refractivity contribution in [2.24, 2.45) is 0 Å². The van der Waals surface area contributed by atoms with Gasteiger partial charge in [0, 0.05) is 32.4 Å². The Morgan fingerprint density at radius 1 is 1.40 bits per heavy atom. The predicted octanol–water partition coefficient (Wildman–Crippen LogP) is -0.142. The van der Waals surface area contributed by atoms with Crippen molar-refractivity contribution in [3.63, 3.8) is 0 Å². The molecule has 6 nitrogen and oxygen atoms in total. The van der Waals surface area contributed by atoms with Gasteiger partial charge >= 0.3 is 0 Å². The number of nitrogens with zero attached hydrogens (tertiary/aromatic N) is 2. The Balaban J connectivity index is 2.27. The first-order valence-corrected chi connectivity index (χ1v) is 6.72. The van der Waals surface area contributed by atoms with Crippen molar-refractivity contribution in [2.45, 2.75) is 19.9 Å². The highest BCUT2D eigenvalue weighted by atomic mass is 16.2. The Kier molecular flexibility index (Phi) is 4.34. The van der Waals surface area contributed by atoms with E-state index in [-0.39, 0.29) is 11.8 Å². The molecule has 2 rings (SSSR count). The lowest BCUT2D eigenvalue weighted by Gasteiger charge is -2.35. The van der Waals surface area contributed by atoms with Crippen LogP contribution in [0, 0.1) is 13.8 Å². The molecule has 1 aromatic rings. The van der Waals surface area contributed by atoms with E-state index in [2.05, 4.69) is 15.6 Å². The normalized spacial score (nSPS) is 18.8. The number of nitrogens with one attached hydrogen (secondary N) is 2. The van der Waals surface area contributed by atoms with Crippen LogP contribution in [0.1, 0.15) is 21.7 Å². The lowest BCUT2D eigenvalue weighted by Crippen LogP contribution is -2.59. The molecule has 1 aliphatic rings. The standard InChI is InChI=1S/C14H20N4O2/c1-9-4-5-11(10(2)17-9)14(20)18-7-6-16-8-12(18)13(19)15-3/h4-5,12,16H,6-8H2,1-3H3,(H,15,19). The number of aryl methyl sites for hydroxylation is 2. The highest BCUT2D eigenvalue weighted by Crippen LogP contribution is 2.14. The molecule has 0 bridgehead atoms. The van der Waals surface area contributed by atoms with Crippen LogP contribution in [0.3, 0.4) is 0 Å². The molecule has 0 saturated carbocycles. The van der Waals surface area contributed by atoms with E-state index < -0.39 is 6.04 Å². The van der Waals surface area contributed by atoms with E-state index >= 15 is 0 Å². The van der Waals surface area contributed by atoms with E-state index in [1.807, 2.05) is 19.9 Å². The monoisotopic (exact) mass is 276 g/mol. The Hall–Kier alpha value is -1.95. The summed E-state index contributed by atoms with van der Waals surface area (Å²) in [5, 5.41) is 5.75. The van der Waals surface area contributed by atoms with Gasteiger partial charge in [0.25, 0.3) is 5.91 Å². The lowest BCUT2D eigenvalue weighted by molar-refractivity contribution is -0.125. The van der Waals surface area contributed by atoms with Crippen molar-refractivity contribution < 1.29 is 9.59 Å². The summed E-state index contributed by atoms with van der Waals surface area (Å²) in [5.74, 6) is -0.284. The summed E-state index contributed by atoms with van der Waals surface area (Å²) < 4.78 is 0. The number of rotatable bonds is 2. The molecule has 20 heavy (non-hydrogen) atoms. The van der Waals surface area contributed by atoms with Gasteiger partial charge < -0.3 is 15.5 Å². The fourth-order valence-corrected chi connectivity index (χ4v) is 2.42. The van der Waals surface area contributed by atoms with E-state index in [1.165, 1.54) is 0 Å². The van der Waals surface area contributed by atoms with Crippen molar-refractivity contribution >= 4 is 11.8 Å². The molecule has 6 heteroatoms. The maximum absolute atomic E-state index is 12.6. The van der Waals surface area contributed by atoms with Crippen LogP contribution in [0.5, 0.6) is 0 Å². The Morgan fingerprint density at radius 3 is 2.80 bits per heavy atom. The third kappa shape index (κ3) is 2.80. The molecule has 1 aliphatic heterocycles. The number of piperazine rings is 1. The number of carbonyl (C=O) groups is 2. The summed E-state index contributed by atoms with van der Waals surface area (Å²) in [6.07, 6.45) is 0. The minimum absolute atomic E-state index is 0.134. The molecule has 2 heterocycles. The van der Waals surface area contributed by atoms with Crippen molar-refractivity contribution in [3.05, 3.63) is 29.1 Å². The maximum Gasteiger partial charge on any atom is 0.256 e. The zero-order valence-corrected chi connectivity index (χ0v) is 12.1. The summed E-state index contributed by atoms with van der Waals surface area (Å²) in [7, 11) is 1.58. The third-order valence-corrected chi connectivity index (χ3v) is 3.51. The average molecular weight is 276 g/mol. The molecule has 108 valence electrons. The molecular weight excluding hydrogens is 256 g/mol. The molecule has 1 aromatic heterocycles. The molecule has 0 radical (unpaired) electrons. The summed E-state index contributed by atoms with van der Waals surface area (Å²) in [6, 6.07) is 3.13. The average Bonchev–Trinajstić information content (AvgIpc) is 2.46. The van der Waals surface area contributed by atoms with Crippen LogP contribution in [-0.4, -0.2) is 54.4 Å². The van der Waals surface area contributed by atoms with Crippen LogP contribution < -0.4 is 10.6 Å². The van der Waals surface area contributed by atoms with E-state index in [4.69, 9.17) is 0 Å². The lowest BCUT2D eigenvalue weighted by atomic mass is 10.1. The fraction of sp³-hybridized carbons (Fsp3) is 0.500. The molecule has 0 spiro atoms. The van der Waals surface area contributed by atoms with Gasteiger partial charge in [-0.05, 0) is 26.0 Å². The minimum atomic E-state index is -0.470. The van der Waals surface area contributed by atoms with Crippen LogP contribution in [0.2, 0.25) is 0 Å². The highest BCUT2D eigenvalue weighted by molar-refractivity contribution is 5.98. The van der Waals surface area contributed by atoms with Crippen molar-refractivity contribution in [1.29, 1.82) is 0 Å². The van der Waals surface area contributed by atoms with E-state index in [0.717, 1.165) is 5.69 Å². The van der Waals surface area contributed by atoms with Crippen molar-refractivity contribution in [1.82, 2.24) is 20.5 Å². The molecule has 1 fully saturated rings. The van der Waals surface area contributed by atoms with Crippen molar-refractivity contribution in [2.75, 3.05) is 26.7 Å². The minimum Gasteiger partial charge on any atom is -0.357 e. The number of carbonyl (C=O) groups excluding carboxylic acids is 2. The largest absolute Gasteiger partial charge is 0.357 e. The zero-order valence-electron chi connectivity index (χ0n) is 12.1. The third-order valence-electron chi connectivity index (χ3n) is 3.51. The Morgan fingerprint density at radius 2 is 2.15 bits per heavy atom. The number of aromatic nitrogens is 1. The molecule has 0 aromatic carbocycles. The number of pyridine rings is 1. The molecule has 1 saturated heterocycles. The van der Waals surface area contributed by atoms with Crippen LogP contribution in [0.25, 0.3) is 0 Å². The predicted molar refractivity (Wildman–Crippen MR) is 75.5 cm³/mol. The van der Waals surface area contributed by atoms with Gasteiger partial charge in [-0.25, -0.2) is 0 Å². The van der Waals surface area contributed by atoms with Gasteiger partial charge in [0.2, 0.25) is 5.91 Å². The van der Waals surface area contributed by atoms with Crippen molar-refractivity contribution in [3.8, 4) is 0 Å². The summed E-state index contributed by atoms with van der Waals surface area (Å²) in [5.41, 5.74) is 2.14. The number of hydrogen-bond donors (Lipinski definition) is 2. The summed E-state index contributed by atoms with van der Waals surface area (Å²) in [6.45, 7) is 5.39.